The Morgan fingerprint density at radius 2 is 2.43 bits per heavy atom. The van der Waals surface area contributed by atoms with Gasteiger partial charge >= 0.3 is 11.8 Å². The molecule has 0 aromatic carbocycles. The molecule has 2 rings (SSSR count). The molecule has 5 nitrogen and oxygen atoms in total. The van der Waals surface area contributed by atoms with Gasteiger partial charge in [-0.05, 0) is 12.3 Å². The van der Waals surface area contributed by atoms with Crippen molar-refractivity contribution in [1.82, 2.24) is 10.1 Å². The molecule has 5 heteroatoms. The van der Waals surface area contributed by atoms with Crippen LogP contribution >= 0.6 is 0 Å². The van der Waals surface area contributed by atoms with Crippen LogP contribution < -0.4 is 5.73 Å². The molecule has 1 aromatic heterocycles. The fraction of sp³-hybridized carbons (Fsp3) is 0.667. The maximum Gasteiger partial charge on any atom is 0.315 e. The van der Waals surface area contributed by atoms with Crippen molar-refractivity contribution in [1.29, 1.82) is 0 Å². The Labute approximate surface area is 81.7 Å². The lowest BCUT2D eigenvalue weighted by Gasteiger charge is -2.03. The predicted molar refractivity (Wildman–Crippen MR) is 48.6 cm³/mol. The molecular weight excluding hydrogens is 182 g/mol. The summed E-state index contributed by atoms with van der Waals surface area (Å²) in [7, 11) is 0. The summed E-state index contributed by atoms with van der Waals surface area (Å²) in [6.45, 7) is 2.04. The average molecular weight is 195 g/mol. The maximum absolute atomic E-state index is 10.7. The fourth-order valence-corrected chi connectivity index (χ4v) is 1.49. The minimum Gasteiger partial charge on any atom is -0.361 e. The Bertz CT molecular complexity index is 344. The summed E-state index contributed by atoms with van der Waals surface area (Å²) in [6.07, 6.45) is 3.66. The van der Waals surface area contributed by atoms with E-state index in [-0.39, 0.29) is 11.8 Å². The minimum absolute atomic E-state index is 0.0948. The molecule has 1 atom stereocenters. The molecule has 0 saturated heterocycles. The van der Waals surface area contributed by atoms with Crippen LogP contribution in [0, 0.1) is 5.92 Å². The number of amides is 1. The summed E-state index contributed by atoms with van der Waals surface area (Å²) in [6, 6.07) is 0. The SMILES string of the molecule is CC(CC1CC1)c1noc(C(N)=O)n1. The molecule has 1 fully saturated rings. The van der Waals surface area contributed by atoms with Gasteiger partial charge in [0.2, 0.25) is 0 Å². The van der Waals surface area contributed by atoms with E-state index in [9.17, 15) is 4.79 Å². The number of carbonyl (C=O) groups is 1. The number of aromatic nitrogens is 2. The summed E-state index contributed by atoms with van der Waals surface area (Å²) in [5.41, 5.74) is 5.01. The third-order valence-corrected chi connectivity index (χ3v) is 2.48. The van der Waals surface area contributed by atoms with Crippen molar-refractivity contribution in [3.63, 3.8) is 0 Å². The molecule has 2 N–H and O–H groups in total. The van der Waals surface area contributed by atoms with Crippen LogP contribution in [0.4, 0.5) is 0 Å². The second-order valence-corrected chi connectivity index (χ2v) is 3.90. The topological polar surface area (TPSA) is 82.0 Å². The Kier molecular flexibility index (Phi) is 2.23. The molecule has 0 aliphatic heterocycles. The van der Waals surface area contributed by atoms with Crippen molar-refractivity contribution in [3.8, 4) is 0 Å². The Morgan fingerprint density at radius 1 is 1.71 bits per heavy atom. The number of nitrogens with zero attached hydrogens (tertiary/aromatic N) is 2. The highest BCUT2D eigenvalue weighted by atomic mass is 16.5. The summed E-state index contributed by atoms with van der Waals surface area (Å²) >= 11 is 0. The van der Waals surface area contributed by atoms with Gasteiger partial charge in [-0.15, -0.1) is 0 Å². The van der Waals surface area contributed by atoms with Gasteiger partial charge in [0.25, 0.3) is 0 Å². The van der Waals surface area contributed by atoms with Crippen LogP contribution in [-0.4, -0.2) is 16.0 Å². The molecule has 76 valence electrons. The standard InChI is InChI=1S/C9H13N3O2/c1-5(4-6-2-3-6)8-11-9(7(10)13)14-12-8/h5-6H,2-4H2,1H3,(H2,10,13). The van der Waals surface area contributed by atoms with Crippen LogP contribution in [0.25, 0.3) is 0 Å². The van der Waals surface area contributed by atoms with Crippen molar-refractivity contribution in [2.45, 2.75) is 32.1 Å². The molecule has 1 aliphatic rings. The van der Waals surface area contributed by atoms with E-state index in [0.717, 1.165) is 12.3 Å². The van der Waals surface area contributed by atoms with Gasteiger partial charge in [0.05, 0.1) is 0 Å². The molecule has 1 amide bonds. The smallest absolute Gasteiger partial charge is 0.315 e. The molecule has 1 heterocycles. The average Bonchev–Trinajstić information content (AvgIpc) is 2.81. The normalized spacial score (nSPS) is 18.1. The van der Waals surface area contributed by atoms with Crippen LogP contribution in [0.15, 0.2) is 4.52 Å². The first-order chi connectivity index (χ1) is 6.66. The number of primary amides is 1. The Balaban J connectivity index is 2.03. The van der Waals surface area contributed by atoms with Crippen LogP contribution in [0.3, 0.4) is 0 Å². The van der Waals surface area contributed by atoms with Crippen molar-refractivity contribution in [3.05, 3.63) is 11.7 Å². The van der Waals surface area contributed by atoms with Crippen molar-refractivity contribution in [2.24, 2.45) is 11.7 Å². The fourth-order valence-electron chi connectivity index (χ4n) is 1.49. The van der Waals surface area contributed by atoms with Crippen molar-refractivity contribution >= 4 is 5.91 Å². The van der Waals surface area contributed by atoms with E-state index >= 15 is 0 Å². The van der Waals surface area contributed by atoms with E-state index in [0.29, 0.717) is 5.82 Å². The summed E-state index contributed by atoms with van der Waals surface area (Å²) in [4.78, 5) is 14.6. The van der Waals surface area contributed by atoms with Gasteiger partial charge in [-0.25, -0.2) is 0 Å². The summed E-state index contributed by atoms with van der Waals surface area (Å²) in [5.74, 6) is 0.885. The molecule has 1 aliphatic carbocycles. The second-order valence-electron chi connectivity index (χ2n) is 3.90. The van der Waals surface area contributed by atoms with E-state index < -0.39 is 5.91 Å². The van der Waals surface area contributed by atoms with Gasteiger partial charge in [0, 0.05) is 5.92 Å². The number of rotatable bonds is 4. The van der Waals surface area contributed by atoms with Gasteiger partial charge in [0.1, 0.15) is 0 Å². The lowest BCUT2D eigenvalue weighted by atomic mass is 10.0. The van der Waals surface area contributed by atoms with Gasteiger partial charge in [-0.2, -0.15) is 4.98 Å². The van der Waals surface area contributed by atoms with Gasteiger partial charge in [-0.1, -0.05) is 24.9 Å². The minimum atomic E-state index is -0.664. The second kappa shape index (κ2) is 3.40. The number of hydrogen-bond acceptors (Lipinski definition) is 4. The summed E-state index contributed by atoms with van der Waals surface area (Å²) in [5, 5.41) is 3.73. The van der Waals surface area contributed by atoms with Gasteiger partial charge < -0.3 is 10.3 Å². The molecule has 1 unspecified atom stereocenters. The molecule has 1 aromatic rings. The van der Waals surface area contributed by atoms with Crippen LogP contribution in [0.5, 0.6) is 0 Å². The highest BCUT2D eigenvalue weighted by molar-refractivity contribution is 5.87. The quantitative estimate of drug-likeness (QED) is 0.779. The highest BCUT2D eigenvalue weighted by Crippen LogP contribution is 2.37. The van der Waals surface area contributed by atoms with E-state index in [2.05, 4.69) is 10.1 Å². The van der Waals surface area contributed by atoms with E-state index in [1.165, 1.54) is 12.8 Å². The molecule has 0 bridgehead atoms. The molecule has 0 spiro atoms. The largest absolute Gasteiger partial charge is 0.361 e. The third-order valence-electron chi connectivity index (χ3n) is 2.48. The van der Waals surface area contributed by atoms with E-state index in [1.807, 2.05) is 6.92 Å². The molecular formula is C9H13N3O2. The maximum atomic E-state index is 10.7. The number of carbonyl (C=O) groups excluding carboxylic acids is 1. The zero-order valence-electron chi connectivity index (χ0n) is 8.06. The van der Waals surface area contributed by atoms with Crippen LogP contribution in [0.1, 0.15) is 48.6 Å². The summed E-state index contributed by atoms with van der Waals surface area (Å²) < 4.78 is 4.71. The first kappa shape index (κ1) is 9.18. The third kappa shape index (κ3) is 1.92. The molecule has 0 radical (unpaired) electrons. The predicted octanol–water partition coefficient (Wildman–Crippen LogP) is 1.07. The Morgan fingerprint density at radius 3 is 2.93 bits per heavy atom. The van der Waals surface area contributed by atoms with Gasteiger partial charge in [-0.3, -0.25) is 4.79 Å². The lowest BCUT2D eigenvalue weighted by Crippen LogP contribution is -2.11. The van der Waals surface area contributed by atoms with Crippen LogP contribution in [0.2, 0.25) is 0 Å². The van der Waals surface area contributed by atoms with Crippen LogP contribution in [-0.2, 0) is 0 Å². The van der Waals surface area contributed by atoms with Crippen molar-refractivity contribution < 1.29 is 9.32 Å². The monoisotopic (exact) mass is 195 g/mol. The highest BCUT2D eigenvalue weighted by Gasteiger charge is 2.26. The van der Waals surface area contributed by atoms with E-state index in [1.54, 1.807) is 0 Å². The van der Waals surface area contributed by atoms with Gasteiger partial charge in [0.15, 0.2) is 5.82 Å². The Hall–Kier alpha value is -1.39. The lowest BCUT2D eigenvalue weighted by molar-refractivity contribution is 0.0958. The first-order valence-corrected chi connectivity index (χ1v) is 4.80. The first-order valence-electron chi connectivity index (χ1n) is 4.80. The zero-order chi connectivity index (χ0) is 10.1. The number of nitrogens with two attached hydrogens (primary N) is 1. The molecule has 14 heavy (non-hydrogen) atoms. The number of hydrogen-bond donors (Lipinski definition) is 1. The molecule has 1 saturated carbocycles. The zero-order valence-corrected chi connectivity index (χ0v) is 8.06. The van der Waals surface area contributed by atoms with E-state index in [4.69, 9.17) is 10.3 Å². The van der Waals surface area contributed by atoms with Crippen molar-refractivity contribution in [2.75, 3.05) is 0 Å².